The van der Waals surface area contributed by atoms with Crippen molar-refractivity contribution < 1.29 is 46.1 Å². The molecule has 0 spiro atoms. The van der Waals surface area contributed by atoms with E-state index in [1.807, 2.05) is 0 Å². The first-order valence-electron chi connectivity index (χ1n) is 6.04. The quantitative estimate of drug-likeness (QED) is 0.299. The number of phenols is 2. The third-order valence-corrected chi connectivity index (χ3v) is 3.39. The molecular formula is C12H12F4O6S. The van der Waals surface area contributed by atoms with Crippen molar-refractivity contribution in [3.05, 3.63) is 23.8 Å². The first-order chi connectivity index (χ1) is 10.5. The summed E-state index contributed by atoms with van der Waals surface area (Å²) in [5.74, 6) is -6.69. The van der Waals surface area contributed by atoms with Crippen LogP contribution < -0.4 is 0 Å². The van der Waals surface area contributed by atoms with E-state index in [0.29, 0.717) is 0 Å². The summed E-state index contributed by atoms with van der Waals surface area (Å²) in [6.07, 6.45) is -2.18. The fourth-order valence-electron chi connectivity index (χ4n) is 1.53. The topological polar surface area (TPSA) is 104 Å². The summed E-state index contributed by atoms with van der Waals surface area (Å²) in [5.41, 5.74) is -0.268. The van der Waals surface area contributed by atoms with Crippen LogP contribution in [0.15, 0.2) is 18.2 Å². The summed E-state index contributed by atoms with van der Waals surface area (Å²) in [5, 5.41) is 13.2. The van der Waals surface area contributed by atoms with Crippen LogP contribution in [-0.4, -0.2) is 42.7 Å². The van der Waals surface area contributed by atoms with E-state index in [2.05, 4.69) is 4.74 Å². The van der Waals surface area contributed by atoms with Gasteiger partial charge in [0.1, 0.15) is 11.5 Å². The molecule has 0 fully saturated rings. The second-order valence-electron chi connectivity index (χ2n) is 4.45. The number of aromatic hydroxyl groups is 2. The number of hydrogen-bond acceptors (Lipinski definition) is 5. The number of phenolic OH excluding ortho intramolecular Hbond substituents is 2. The molecule has 0 saturated heterocycles. The van der Waals surface area contributed by atoms with E-state index in [4.69, 9.17) is 14.8 Å². The Bertz CT molecular complexity index is 587. The highest BCUT2D eigenvalue weighted by Gasteiger charge is 2.60. The second-order valence-corrected chi connectivity index (χ2v) is 5.46. The number of alkyl halides is 4. The van der Waals surface area contributed by atoms with Crippen LogP contribution in [0.1, 0.15) is 23.2 Å². The minimum atomic E-state index is -5.12. The van der Waals surface area contributed by atoms with Crippen LogP contribution in [0.3, 0.4) is 0 Å². The zero-order valence-electron chi connectivity index (χ0n) is 11.3. The van der Waals surface area contributed by atoms with Crippen molar-refractivity contribution in [2.24, 2.45) is 0 Å². The first-order valence-corrected chi connectivity index (χ1v) is 7.15. The molecule has 0 bridgehead atoms. The van der Waals surface area contributed by atoms with Crippen LogP contribution in [0.2, 0.25) is 0 Å². The molecule has 23 heavy (non-hydrogen) atoms. The number of ether oxygens (including phenoxy) is 1. The van der Waals surface area contributed by atoms with E-state index < -0.39 is 59.2 Å². The molecule has 1 aromatic rings. The van der Waals surface area contributed by atoms with E-state index in [0.717, 1.165) is 18.2 Å². The molecule has 130 valence electrons. The smallest absolute Gasteiger partial charge is 0.406 e. The van der Waals surface area contributed by atoms with Gasteiger partial charge in [0, 0.05) is 12.5 Å². The fourth-order valence-corrected chi connectivity index (χ4v) is 1.89. The van der Waals surface area contributed by atoms with Crippen LogP contribution in [0.25, 0.3) is 0 Å². The number of carbonyl (C=O) groups is 1. The van der Waals surface area contributed by atoms with Gasteiger partial charge in [-0.3, -0.25) is 0 Å². The molecule has 0 heterocycles. The van der Waals surface area contributed by atoms with Gasteiger partial charge in [-0.1, -0.05) is 0 Å². The Kier molecular flexibility index (Phi) is 5.94. The maximum Gasteiger partial charge on any atom is 0.406 e. The summed E-state index contributed by atoms with van der Waals surface area (Å²) in [7, 11) is 0. The number of esters is 1. The van der Waals surface area contributed by atoms with E-state index in [1.54, 1.807) is 0 Å². The van der Waals surface area contributed by atoms with Crippen LogP contribution in [0.5, 0.6) is 11.5 Å². The molecule has 1 rings (SSSR count). The van der Waals surface area contributed by atoms with Crippen LogP contribution in [-0.2, 0) is 15.8 Å². The fraction of sp³-hybridized carbons (Fsp3) is 0.417. The highest BCUT2D eigenvalue weighted by molar-refractivity contribution is 7.80. The van der Waals surface area contributed by atoms with E-state index in [-0.39, 0.29) is 5.56 Å². The van der Waals surface area contributed by atoms with Gasteiger partial charge in [-0.25, -0.2) is 9.00 Å². The summed E-state index contributed by atoms with van der Waals surface area (Å²) < 4.78 is 74.7. The van der Waals surface area contributed by atoms with Gasteiger partial charge in [-0.2, -0.15) is 17.6 Å². The van der Waals surface area contributed by atoms with Crippen molar-refractivity contribution in [2.75, 3.05) is 6.61 Å². The Morgan fingerprint density at radius 1 is 1.13 bits per heavy atom. The van der Waals surface area contributed by atoms with E-state index in [1.165, 1.54) is 0 Å². The lowest BCUT2D eigenvalue weighted by molar-refractivity contribution is -0.162. The number of rotatable bonds is 7. The molecular weight excluding hydrogens is 348 g/mol. The molecule has 3 N–H and O–H groups in total. The van der Waals surface area contributed by atoms with Gasteiger partial charge in [0.2, 0.25) is 11.1 Å². The second kappa shape index (κ2) is 7.13. The Balaban J connectivity index is 2.54. The molecule has 0 aromatic heterocycles. The third-order valence-electron chi connectivity index (χ3n) is 2.65. The monoisotopic (exact) mass is 360 g/mol. The highest BCUT2D eigenvalue weighted by Crippen LogP contribution is 2.39. The Morgan fingerprint density at radius 3 is 2.13 bits per heavy atom. The molecule has 1 aromatic carbocycles. The zero-order valence-corrected chi connectivity index (χ0v) is 12.2. The molecule has 0 aliphatic heterocycles. The molecule has 0 aliphatic carbocycles. The van der Waals surface area contributed by atoms with Gasteiger partial charge in [-0.15, -0.1) is 0 Å². The van der Waals surface area contributed by atoms with Crippen molar-refractivity contribution in [2.45, 2.75) is 24.0 Å². The van der Waals surface area contributed by atoms with Crippen molar-refractivity contribution in [1.29, 1.82) is 0 Å². The van der Waals surface area contributed by atoms with Crippen molar-refractivity contribution in [3.8, 4) is 11.5 Å². The molecule has 0 aliphatic rings. The van der Waals surface area contributed by atoms with Gasteiger partial charge >= 0.3 is 17.1 Å². The SMILES string of the molecule is O=C(OCCCC(F)(F)C(F)(F)S(=O)O)c1cc(O)cc(O)c1. The van der Waals surface area contributed by atoms with E-state index in [9.17, 15) is 26.6 Å². The maximum atomic E-state index is 13.1. The number of halogens is 4. The van der Waals surface area contributed by atoms with Crippen molar-refractivity contribution in [3.63, 3.8) is 0 Å². The summed E-state index contributed by atoms with van der Waals surface area (Å²) in [6, 6.07) is 2.83. The zero-order chi connectivity index (χ0) is 17.8. The normalized spacial score (nSPS) is 13.6. The van der Waals surface area contributed by atoms with Crippen LogP contribution in [0, 0.1) is 0 Å². The lowest BCUT2D eigenvalue weighted by Gasteiger charge is -2.23. The maximum absolute atomic E-state index is 13.1. The lowest BCUT2D eigenvalue weighted by atomic mass is 10.2. The summed E-state index contributed by atoms with van der Waals surface area (Å²) >= 11 is -4.04. The molecule has 0 radical (unpaired) electrons. The minimum Gasteiger partial charge on any atom is -0.508 e. The van der Waals surface area contributed by atoms with E-state index >= 15 is 0 Å². The van der Waals surface area contributed by atoms with Crippen LogP contribution in [0.4, 0.5) is 17.6 Å². The minimum absolute atomic E-state index is 0.268. The molecule has 0 saturated carbocycles. The van der Waals surface area contributed by atoms with Gasteiger partial charge in [0.25, 0.3) is 0 Å². The first kappa shape index (κ1) is 19.2. The largest absolute Gasteiger partial charge is 0.508 e. The third kappa shape index (κ3) is 4.79. The van der Waals surface area contributed by atoms with Crippen molar-refractivity contribution >= 4 is 17.0 Å². The van der Waals surface area contributed by atoms with Gasteiger partial charge in [0.15, 0.2) is 0 Å². The molecule has 0 amide bonds. The predicted molar refractivity (Wildman–Crippen MR) is 70.0 cm³/mol. The van der Waals surface area contributed by atoms with Crippen LogP contribution >= 0.6 is 0 Å². The number of hydrogen-bond donors (Lipinski definition) is 3. The average molecular weight is 360 g/mol. The summed E-state index contributed by atoms with van der Waals surface area (Å²) in [4.78, 5) is 11.5. The van der Waals surface area contributed by atoms with Gasteiger partial charge in [0.05, 0.1) is 12.2 Å². The number of benzene rings is 1. The van der Waals surface area contributed by atoms with Crippen molar-refractivity contribution in [1.82, 2.24) is 0 Å². The van der Waals surface area contributed by atoms with Gasteiger partial charge in [-0.05, 0) is 18.6 Å². The Hall–Kier alpha value is -1.88. The average Bonchev–Trinajstić information content (AvgIpc) is 2.41. The lowest BCUT2D eigenvalue weighted by Crippen LogP contribution is -2.44. The molecule has 1 unspecified atom stereocenters. The molecule has 11 heteroatoms. The standard InChI is InChI=1S/C12H12F4O6S/c13-11(14,12(15,16)23(20)21)2-1-3-22-10(19)7-4-8(17)6-9(18)5-7/h4-6,17-18H,1-3H2,(H,20,21). The Morgan fingerprint density at radius 2 is 1.65 bits per heavy atom. The Labute approximate surface area is 130 Å². The number of carbonyl (C=O) groups excluding carboxylic acids is 1. The predicted octanol–water partition coefficient (Wildman–Crippen LogP) is 2.48. The van der Waals surface area contributed by atoms with Gasteiger partial charge < -0.3 is 19.5 Å². The summed E-state index contributed by atoms with van der Waals surface area (Å²) in [6.45, 7) is -0.668. The highest BCUT2D eigenvalue weighted by atomic mass is 32.2. The molecule has 6 nitrogen and oxygen atoms in total. The molecule has 1 atom stereocenters.